The lowest BCUT2D eigenvalue weighted by molar-refractivity contribution is 0.275. The van der Waals surface area contributed by atoms with Gasteiger partial charge >= 0.3 is 0 Å². The number of rotatable bonds is 6. The van der Waals surface area contributed by atoms with Crippen molar-refractivity contribution in [3.8, 4) is 0 Å². The minimum atomic E-state index is 0.0468. The van der Waals surface area contributed by atoms with Gasteiger partial charge in [0, 0.05) is 16.2 Å². The fourth-order valence-corrected chi connectivity index (χ4v) is 2.94. The van der Waals surface area contributed by atoms with E-state index in [4.69, 9.17) is 5.73 Å². The summed E-state index contributed by atoms with van der Waals surface area (Å²) in [5.74, 6) is 0.567. The molecule has 0 aliphatic rings. The Morgan fingerprint density at radius 3 is 2.59 bits per heavy atom. The van der Waals surface area contributed by atoms with E-state index in [1.807, 2.05) is 6.07 Å². The van der Waals surface area contributed by atoms with Gasteiger partial charge in [-0.3, -0.25) is 0 Å². The van der Waals surface area contributed by atoms with Crippen LogP contribution in [0.5, 0.6) is 0 Å². The predicted octanol–water partition coefficient (Wildman–Crippen LogP) is 2.82. The maximum atomic E-state index is 9.44. The van der Waals surface area contributed by atoms with E-state index in [0.717, 1.165) is 6.42 Å². The number of thioether (sulfide) groups is 1. The summed E-state index contributed by atoms with van der Waals surface area (Å²) in [6.07, 6.45) is 0.948. The van der Waals surface area contributed by atoms with Gasteiger partial charge in [-0.15, -0.1) is 11.8 Å². The number of hydrogen-bond donors (Lipinski definition) is 2. The molecule has 1 aromatic rings. The lowest BCUT2D eigenvalue weighted by Gasteiger charge is -2.23. The molecule has 0 saturated carbocycles. The van der Waals surface area contributed by atoms with Crippen LogP contribution >= 0.6 is 11.8 Å². The van der Waals surface area contributed by atoms with E-state index in [0.29, 0.717) is 5.92 Å². The zero-order valence-corrected chi connectivity index (χ0v) is 11.7. The summed E-state index contributed by atoms with van der Waals surface area (Å²) >= 11 is 1.68. The Bertz CT molecular complexity index is 341. The number of aryl methyl sites for hydroxylation is 1. The van der Waals surface area contributed by atoms with E-state index in [2.05, 4.69) is 39.0 Å². The smallest absolute Gasteiger partial charge is 0.0568 e. The molecule has 1 aromatic carbocycles. The summed E-state index contributed by atoms with van der Waals surface area (Å²) in [6.45, 7) is 6.52. The van der Waals surface area contributed by atoms with Gasteiger partial charge in [-0.1, -0.05) is 31.5 Å². The van der Waals surface area contributed by atoms with Gasteiger partial charge in [0.2, 0.25) is 0 Å². The van der Waals surface area contributed by atoms with E-state index in [1.54, 1.807) is 11.8 Å². The monoisotopic (exact) mass is 253 g/mol. The van der Waals surface area contributed by atoms with Crippen LogP contribution in [-0.2, 0) is 0 Å². The highest BCUT2D eigenvalue weighted by Gasteiger charge is 2.19. The van der Waals surface area contributed by atoms with Gasteiger partial charge < -0.3 is 10.8 Å². The first-order chi connectivity index (χ1) is 8.02. The lowest BCUT2D eigenvalue weighted by atomic mass is 10.0. The van der Waals surface area contributed by atoms with Crippen LogP contribution < -0.4 is 5.73 Å². The SMILES string of the molecule is Cc1cccc(SC(CO)C(N)CC(C)C)c1. The molecule has 0 radical (unpaired) electrons. The Balaban J connectivity index is 2.63. The third-order valence-corrected chi connectivity index (χ3v) is 4.01. The molecule has 0 aromatic heterocycles. The normalized spacial score (nSPS) is 14.9. The zero-order valence-electron chi connectivity index (χ0n) is 10.9. The molecule has 0 bridgehead atoms. The van der Waals surface area contributed by atoms with E-state index < -0.39 is 0 Å². The van der Waals surface area contributed by atoms with Crippen LogP contribution in [0, 0.1) is 12.8 Å². The van der Waals surface area contributed by atoms with Gasteiger partial charge in [0.05, 0.1) is 6.61 Å². The second-order valence-electron chi connectivity index (χ2n) is 4.95. The summed E-state index contributed by atoms with van der Waals surface area (Å²) in [5.41, 5.74) is 7.37. The Labute approximate surface area is 109 Å². The fourth-order valence-electron chi connectivity index (χ4n) is 1.82. The minimum Gasteiger partial charge on any atom is -0.395 e. The molecular weight excluding hydrogens is 230 g/mol. The van der Waals surface area contributed by atoms with Gasteiger partial charge in [0.15, 0.2) is 0 Å². The summed E-state index contributed by atoms with van der Waals surface area (Å²) < 4.78 is 0. The standard InChI is InChI=1S/C14H23NOS/c1-10(2)7-13(15)14(9-16)17-12-6-4-5-11(3)8-12/h4-6,8,10,13-14,16H,7,9,15H2,1-3H3. The maximum absolute atomic E-state index is 9.44. The summed E-state index contributed by atoms with van der Waals surface area (Å²) in [4.78, 5) is 1.18. The molecule has 0 amide bonds. The molecule has 0 saturated heterocycles. The van der Waals surface area contributed by atoms with Crippen molar-refractivity contribution in [2.45, 2.75) is 43.4 Å². The Hall–Kier alpha value is -0.510. The van der Waals surface area contributed by atoms with Gasteiger partial charge in [-0.25, -0.2) is 0 Å². The largest absolute Gasteiger partial charge is 0.395 e. The quantitative estimate of drug-likeness (QED) is 0.766. The third-order valence-electron chi connectivity index (χ3n) is 2.68. The van der Waals surface area contributed by atoms with Gasteiger partial charge in [-0.2, -0.15) is 0 Å². The number of aliphatic hydroxyl groups is 1. The van der Waals surface area contributed by atoms with Crippen LogP contribution in [-0.4, -0.2) is 23.0 Å². The summed E-state index contributed by atoms with van der Waals surface area (Å²) in [7, 11) is 0. The van der Waals surface area contributed by atoms with Crippen LogP contribution in [0.1, 0.15) is 25.8 Å². The van der Waals surface area contributed by atoms with Crippen LogP contribution in [0.3, 0.4) is 0 Å². The molecule has 0 aliphatic carbocycles. The van der Waals surface area contributed by atoms with Crippen molar-refractivity contribution in [2.24, 2.45) is 11.7 Å². The average Bonchev–Trinajstić information content (AvgIpc) is 2.24. The van der Waals surface area contributed by atoms with E-state index in [9.17, 15) is 5.11 Å². The molecule has 1 rings (SSSR count). The topological polar surface area (TPSA) is 46.2 Å². The van der Waals surface area contributed by atoms with Crippen molar-refractivity contribution in [1.82, 2.24) is 0 Å². The maximum Gasteiger partial charge on any atom is 0.0568 e. The van der Waals surface area contributed by atoms with Crippen LogP contribution in [0.2, 0.25) is 0 Å². The third kappa shape index (κ3) is 5.11. The lowest BCUT2D eigenvalue weighted by Crippen LogP contribution is -2.36. The second-order valence-corrected chi connectivity index (χ2v) is 6.26. The molecule has 0 aliphatic heterocycles. The Morgan fingerprint density at radius 1 is 1.35 bits per heavy atom. The molecular formula is C14H23NOS. The molecule has 0 fully saturated rings. The molecule has 2 atom stereocenters. The highest BCUT2D eigenvalue weighted by atomic mass is 32.2. The van der Waals surface area contributed by atoms with Gasteiger partial charge in [0.25, 0.3) is 0 Å². The predicted molar refractivity (Wildman–Crippen MR) is 75.3 cm³/mol. The number of benzene rings is 1. The number of hydrogen-bond acceptors (Lipinski definition) is 3. The van der Waals surface area contributed by atoms with Crippen molar-refractivity contribution < 1.29 is 5.11 Å². The van der Waals surface area contributed by atoms with E-state index in [-0.39, 0.29) is 17.9 Å². The first-order valence-electron chi connectivity index (χ1n) is 6.12. The fraction of sp³-hybridized carbons (Fsp3) is 0.571. The first-order valence-corrected chi connectivity index (χ1v) is 7.00. The average molecular weight is 253 g/mol. The van der Waals surface area contributed by atoms with Crippen molar-refractivity contribution in [3.05, 3.63) is 29.8 Å². The number of aliphatic hydroxyl groups excluding tert-OH is 1. The molecule has 3 heteroatoms. The molecule has 96 valence electrons. The van der Waals surface area contributed by atoms with Gasteiger partial charge in [-0.05, 0) is 31.4 Å². The van der Waals surface area contributed by atoms with Gasteiger partial charge in [0.1, 0.15) is 0 Å². The van der Waals surface area contributed by atoms with E-state index in [1.165, 1.54) is 10.5 Å². The summed E-state index contributed by atoms with van der Waals surface area (Å²) in [5, 5.41) is 9.52. The number of nitrogens with two attached hydrogens (primary N) is 1. The minimum absolute atomic E-state index is 0.0468. The van der Waals surface area contributed by atoms with Crippen molar-refractivity contribution in [3.63, 3.8) is 0 Å². The molecule has 2 unspecified atom stereocenters. The Morgan fingerprint density at radius 2 is 2.06 bits per heavy atom. The molecule has 0 spiro atoms. The van der Waals surface area contributed by atoms with E-state index >= 15 is 0 Å². The second kappa shape index (κ2) is 7.04. The van der Waals surface area contributed by atoms with Crippen molar-refractivity contribution in [1.29, 1.82) is 0 Å². The van der Waals surface area contributed by atoms with Crippen molar-refractivity contribution in [2.75, 3.05) is 6.61 Å². The van der Waals surface area contributed by atoms with Crippen LogP contribution in [0.4, 0.5) is 0 Å². The summed E-state index contributed by atoms with van der Waals surface area (Å²) in [6, 6.07) is 8.37. The highest BCUT2D eigenvalue weighted by molar-refractivity contribution is 8.00. The van der Waals surface area contributed by atoms with Crippen molar-refractivity contribution >= 4 is 11.8 Å². The van der Waals surface area contributed by atoms with Crippen LogP contribution in [0.15, 0.2) is 29.2 Å². The first kappa shape index (κ1) is 14.6. The highest BCUT2D eigenvalue weighted by Crippen LogP contribution is 2.27. The molecule has 3 N–H and O–H groups in total. The van der Waals surface area contributed by atoms with Crippen LogP contribution in [0.25, 0.3) is 0 Å². The molecule has 2 nitrogen and oxygen atoms in total. The zero-order chi connectivity index (χ0) is 12.8. The molecule has 17 heavy (non-hydrogen) atoms. The Kier molecular flexibility index (Phi) is 6.03. The molecule has 0 heterocycles.